The number of phenolic OH excluding ortho intramolecular Hbond substituents is 1. The Morgan fingerprint density at radius 3 is 2.75 bits per heavy atom. The molecule has 1 saturated heterocycles. The van der Waals surface area contributed by atoms with E-state index in [1.165, 1.54) is 5.56 Å². The lowest BCUT2D eigenvalue weighted by molar-refractivity contribution is -0.157. The fourth-order valence-electron chi connectivity index (χ4n) is 4.44. The highest BCUT2D eigenvalue weighted by Gasteiger charge is 2.51. The molecule has 3 heterocycles. The van der Waals surface area contributed by atoms with E-state index < -0.39 is 0 Å². The zero-order valence-corrected chi connectivity index (χ0v) is 16.2. The van der Waals surface area contributed by atoms with Gasteiger partial charge in [0.25, 0.3) is 0 Å². The summed E-state index contributed by atoms with van der Waals surface area (Å²) in [5.41, 5.74) is 6.38. The summed E-state index contributed by atoms with van der Waals surface area (Å²) in [4.78, 5) is 2.35. The fraction of sp³-hybridized carbons (Fsp3) is 0.364. The Labute approximate surface area is 164 Å². The number of nitrogens with one attached hydrogen (secondary N) is 1. The Morgan fingerprint density at radius 1 is 1.18 bits per heavy atom. The van der Waals surface area contributed by atoms with Gasteiger partial charge in [-0.15, -0.1) is 0 Å². The lowest BCUT2D eigenvalue weighted by Crippen LogP contribution is -2.63. The van der Waals surface area contributed by atoms with Crippen LogP contribution in [0.2, 0.25) is 0 Å². The molecule has 3 aliphatic heterocycles. The van der Waals surface area contributed by atoms with Crippen LogP contribution < -0.4 is 14.9 Å². The summed E-state index contributed by atoms with van der Waals surface area (Å²) >= 11 is 0. The molecule has 6 nitrogen and oxygen atoms in total. The summed E-state index contributed by atoms with van der Waals surface area (Å²) < 4.78 is 11.9. The molecule has 0 unspecified atom stereocenters. The topological polar surface area (TPSA) is 57.2 Å². The molecule has 1 spiro atoms. The molecule has 0 radical (unpaired) electrons. The second kappa shape index (κ2) is 6.43. The van der Waals surface area contributed by atoms with Gasteiger partial charge in [-0.05, 0) is 37.4 Å². The molecule has 1 fully saturated rings. The number of ether oxygens (including phenoxy) is 2. The van der Waals surface area contributed by atoms with Crippen molar-refractivity contribution >= 4 is 5.70 Å². The van der Waals surface area contributed by atoms with Crippen LogP contribution in [-0.4, -0.2) is 48.0 Å². The molecule has 3 aliphatic rings. The Balaban J connectivity index is 1.56. The minimum Gasteiger partial charge on any atom is -0.504 e. The van der Waals surface area contributed by atoms with Gasteiger partial charge in [0.05, 0.1) is 18.8 Å². The predicted molar refractivity (Wildman–Crippen MR) is 107 cm³/mol. The second-order valence-corrected chi connectivity index (χ2v) is 7.78. The number of methoxy groups -OCH3 is 1. The first-order chi connectivity index (χ1) is 13.6. The molecule has 146 valence electrons. The molecule has 1 atom stereocenters. The van der Waals surface area contributed by atoms with Gasteiger partial charge in [0.15, 0.2) is 17.2 Å². The van der Waals surface area contributed by atoms with Gasteiger partial charge in [-0.25, -0.2) is 0 Å². The summed E-state index contributed by atoms with van der Waals surface area (Å²) in [7, 11) is 3.72. The molecule has 0 saturated carbocycles. The van der Waals surface area contributed by atoms with Gasteiger partial charge in [0.2, 0.25) is 0 Å². The number of fused-ring (bicyclic) bond motifs is 4. The predicted octanol–water partition coefficient (Wildman–Crippen LogP) is 3.12. The lowest BCUT2D eigenvalue weighted by Gasteiger charge is -2.51. The van der Waals surface area contributed by atoms with Crippen LogP contribution in [0.5, 0.6) is 17.2 Å². The van der Waals surface area contributed by atoms with Crippen LogP contribution in [-0.2, 0) is 0 Å². The smallest absolute Gasteiger partial charge is 0.182 e. The molecule has 2 aromatic rings. The molecule has 28 heavy (non-hydrogen) atoms. The summed E-state index contributed by atoms with van der Waals surface area (Å²) in [6.07, 6.45) is 4.11. The Morgan fingerprint density at radius 2 is 1.96 bits per heavy atom. The number of hydrogen-bond acceptors (Lipinski definition) is 6. The molecule has 0 bridgehead atoms. The number of benzene rings is 2. The monoisotopic (exact) mass is 379 g/mol. The average molecular weight is 379 g/mol. The molecular formula is C22H25N3O3. The van der Waals surface area contributed by atoms with Crippen molar-refractivity contribution in [2.45, 2.75) is 24.6 Å². The minimum atomic E-state index is -0.370. The van der Waals surface area contributed by atoms with Crippen molar-refractivity contribution in [2.24, 2.45) is 0 Å². The number of rotatable bonds is 2. The number of hydrogen-bond donors (Lipinski definition) is 2. The van der Waals surface area contributed by atoms with Gasteiger partial charge in [0.1, 0.15) is 5.75 Å². The number of aromatic hydroxyl groups is 1. The van der Waals surface area contributed by atoms with Crippen molar-refractivity contribution in [2.75, 3.05) is 27.2 Å². The number of nitrogens with zero attached hydrogens (tertiary/aromatic N) is 2. The van der Waals surface area contributed by atoms with E-state index in [9.17, 15) is 5.11 Å². The van der Waals surface area contributed by atoms with Crippen LogP contribution in [0.15, 0.2) is 48.5 Å². The number of para-hydroxylation sites is 1. The Bertz CT molecular complexity index is 934. The lowest BCUT2D eigenvalue weighted by atomic mass is 9.93. The van der Waals surface area contributed by atoms with Crippen LogP contribution in [0.1, 0.15) is 30.0 Å². The first kappa shape index (κ1) is 17.4. The molecule has 0 amide bonds. The third-order valence-corrected chi connectivity index (χ3v) is 6.08. The van der Waals surface area contributed by atoms with Gasteiger partial charge in [-0.3, -0.25) is 0 Å². The third-order valence-electron chi connectivity index (χ3n) is 6.08. The normalized spacial score (nSPS) is 23.4. The van der Waals surface area contributed by atoms with Gasteiger partial charge < -0.3 is 24.9 Å². The van der Waals surface area contributed by atoms with Gasteiger partial charge in [0, 0.05) is 37.1 Å². The zero-order valence-electron chi connectivity index (χ0n) is 16.2. The van der Waals surface area contributed by atoms with E-state index in [1.54, 1.807) is 13.2 Å². The van der Waals surface area contributed by atoms with Crippen LogP contribution in [0.25, 0.3) is 5.70 Å². The van der Waals surface area contributed by atoms with Crippen LogP contribution >= 0.6 is 0 Å². The Hall–Kier alpha value is -2.70. The van der Waals surface area contributed by atoms with Crippen molar-refractivity contribution in [3.05, 3.63) is 59.7 Å². The standard InChI is InChI=1S/C22H25N3O3/c1-24-11-9-22(10-12-24)25-18(16-5-3-4-6-20(16)28-22)14-17(23-25)15-7-8-19(26)21(13-15)27-2/h3-8,13-14,18,23,26H,9-12H2,1-2H3/t18-/m1/s1. The quantitative estimate of drug-likeness (QED) is 0.836. The van der Waals surface area contributed by atoms with E-state index in [1.807, 2.05) is 18.2 Å². The molecular weight excluding hydrogens is 354 g/mol. The molecule has 5 rings (SSSR count). The van der Waals surface area contributed by atoms with E-state index in [4.69, 9.17) is 9.47 Å². The van der Waals surface area contributed by atoms with Crippen LogP contribution in [0.3, 0.4) is 0 Å². The number of likely N-dealkylation sites (tertiary alicyclic amines) is 1. The summed E-state index contributed by atoms with van der Waals surface area (Å²) in [6, 6.07) is 13.8. The van der Waals surface area contributed by atoms with E-state index in [0.29, 0.717) is 5.75 Å². The van der Waals surface area contributed by atoms with Gasteiger partial charge >= 0.3 is 0 Å². The van der Waals surface area contributed by atoms with E-state index in [-0.39, 0.29) is 17.5 Å². The fourth-order valence-corrected chi connectivity index (χ4v) is 4.44. The largest absolute Gasteiger partial charge is 0.504 e. The number of piperidine rings is 1. The summed E-state index contributed by atoms with van der Waals surface area (Å²) in [5.74, 6) is 1.58. The molecule has 2 N–H and O–H groups in total. The van der Waals surface area contributed by atoms with Crippen molar-refractivity contribution in [1.29, 1.82) is 0 Å². The van der Waals surface area contributed by atoms with Gasteiger partial charge in [-0.1, -0.05) is 18.2 Å². The van der Waals surface area contributed by atoms with Crippen LogP contribution in [0.4, 0.5) is 0 Å². The maximum Gasteiger partial charge on any atom is 0.182 e. The molecule has 2 aromatic carbocycles. The first-order valence-corrected chi connectivity index (χ1v) is 9.71. The average Bonchev–Trinajstić information content (AvgIpc) is 3.17. The molecule has 0 aliphatic carbocycles. The minimum absolute atomic E-state index is 0.100. The molecule has 6 heteroatoms. The third kappa shape index (κ3) is 2.64. The summed E-state index contributed by atoms with van der Waals surface area (Å²) in [6.45, 7) is 1.99. The summed E-state index contributed by atoms with van der Waals surface area (Å²) in [5, 5.41) is 12.2. The second-order valence-electron chi connectivity index (χ2n) is 7.78. The first-order valence-electron chi connectivity index (χ1n) is 9.71. The van der Waals surface area contributed by atoms with Crippen molar-refractivity contribution < 1.29 is 14.6 Å². The maximum atomic E-state index is 9.94. The van der Waals surface area contributed by atoms with Crippen molar-refractivity contribution in [3.8, 4) is 17.2 Å². The van der Waals surface area contributed by atoms with E-state index in [2.05, 4.69) is 46.7 Å². The maximum absolute atomic E-state index is 9.94. The SMILES string of the molecule is COc1cc(C2=C[C@@H]3c4ccccc4OC4(CCN(C)CC4)N3N2)ccc1O. The van der Waals surface area contributed by atoms with Crippen molar-refractivity contribution in [3.63, 3.8) is 0 Å². The van der Waals surface area contributed by atoms with E-state index in [0.717, 1.165) is 42.9 Å². The Kier molecular flexibility index (Phi) is 4.00. The highest BCUT2D eigenvalue weighted by Crippen LogP contribution is 2.48. The highest BCUT2D eigenvalue weighted by molar-refractivity contribution is 5.69. The van der Waals surface area contributed by atoms with Gasteiger partial charge in [-0.2, -0.15) is 5.01 Å². The van der Waals surface area contributed by atoms with Crippen LogP contribution in [0, 0.1) is 0 Å². The molecule has 0 aromatic heterocycles. The van der Waals surface area contributed by atoms with Crippen molar-refractivity contribution in [1.82, 2.24) is 15.3 Å². The highest BCUT2D eigenvalue weighted by atomic mass is 16.5. The zero-order chi connectivity index (χ0) is 19.3. The van der Waals surface area contributed by atoms with E-state index >= 15 is 0 Å². The number of phenols is 1. The number of hydrazine groups is 1.